The molecule has 110 valence electrons. The molecule has 0 fully saturated rings. The van der Waals surface area contributed by atoms with Crippen molar-refractivity contribution in [1.29, 1.82) is 0 Å². The number of methoxy groups -OCH3 is 2. The molecule has 0 saturated carbocycles. The smallest absolute Gasteiger partial charge is 0.337 e. The van der Waals surface area contributed by atoms with Crippen LogP contribution in [0.4, 0.5) is 11.5 Å². The second-order valence-corrected chi connectivity index (χ2v) is 4.03. The van der Waals surface area contributed by atoms with E-state index in [-0.39, 0.29) is 17.2 Å². The lowest BCUT2D eigenvalue weighted by atomic mass is 10.1. The van der Waals surface area contributed by atoms with Crippen LogP contribution in [-0.2, 0) is 0 Å². The lowest BCUT2D eigenvalue weighted by Gasteiger charge is -2.09. The number of nitrogens with zero attached hydrogens (tertiary/aromatic N) is 3. The van der Waals surface area contributed by atoms with Gasteiger partial charge in [0, 0.05) is 18.7 Å². The Kier molecular flexibility index (Phi) is 4.17. The van der Waals surface area contributed by atoms with Crippen molar-refractivity contribution in [2.24, 2.45) is 0 Å². The second kappa shape index (κ2) is 6.04. The molecular formula is C13H14N4O4. The number of ether oxygens (including phenoxy) is 2. The van der Waals surface area contributed by atoms with Crippen LogP contribution in [-0.4, -0.2) is 36.2 Å². The summed E-state index contributed by atoms with van der Waals surface area (Å²) in [6, 6.07) is 4.98. The van der Waals surface area contributed by atoms with Crippen LogP contribution < -0.4 is 14.8 Å². The minimum absolute atomic E-state index is 0.145. The van der Waals surface area contributed by atoms with Gasteiger partial charge in [-0.2, -0.15) is 0 Å². The Labute approximate surface area is 120 Å². The number of hydrogen-bond acceptors (Lipinski definition) is 7. The maximum absolute atomic E-state index is 11.3. The molecule has 0 saturated heterocycles. The van der Waals surface area contributed by atoms with Crippen LogP contribution in [0.15, 0.2) is 24.5 Å². The summed E-state index contributed by atoms with van der Waals surface area (Å²) in [5.41, 5.74) is 0.503. The van der Waals surface area contributed by atoms with Crippen LogP contribution in [0.5, 0.6) is 11.5 Å². The Hall–Kier alpha value is -2.90. The van der Waals surface area contributed by atoms with Gasteiger partial charge >= 0.3 is 5.69 Å². The number of anilines is 1. The molecule has 0 bridgehead atoms. The van der Waals surface area contributed by atoms with E-state index in [1.54, 1.807) is 25.2 Å². The molecule has 2 aromatic rings. The molecule has 1 N–H and O–H groups in total. The van der Waals surface area contributed by atoms with Crippen LogP contribution in [0.2, 0.25) is 0 Å². The first-order valence-electron chi connectivity index (χ1n) is 6.01. The summed E-state index contributed by atoms with van der Waals surface area (Å²) < 4.78 is 10.3. The Morgan fingerprint density at radius 1 is 1.14 bits per heavy atom. The topological polar surface area (TPSA) is 99.4 Å². The average molecular weight is 290 g/mol. The fraction of sp³-hybridized carbons (Fsp3) is 0.231. The maximum Gasteiger partial charge on any atom is 0.337 e. The summed E-state index contributed by atoms with van der Waals surface area (Å²) >= 11 is 0. The van der Waals surface area contributed by atoms with Gasteiger partial charge in [0.05, 0.1) is 19.1 Å². The molecule has 0 amide bonds. The maximum atomic E-state index is 11.3. The van der Waals surface area contributed by atoms with E-state index in [9.17, 15) is 10.1 Å². The van der Waals surface area contributed by atoms with E-state index in [0.717, 1.165) is 0 Å². The number of nitrogens with one attached hydrogen (secondary N) is 1. The van der Waals surface area contributed by atoms with Crippen molar-refractivity contribution < 1.29 is 14.4 Å². The lowest BCUT2D eigenvalue weighted by Crippen LogP contribution is -2.03. The van der Waals surface area contributed by atoms with E-state index in [4.69, 9.17) is 9.47 Å². The van der Waals surface area contributed by atoms with Crippen LogP contribution >= 0.6 is 0 Å². The second-order valence-electron chi connectivity index (χ2n) is 4.03. The number of benzene rings is 1. The third kappa shape index (κ3) is 2.83. The normalized spacial score (nSPS) is 10.0. The predicted molar refractivity (Wildman–Crippen MR) is 76.8 cm³/mol. The lowest BCUT2D eigenvalue weighted by molar-refractivity contribution is -0.383. The van der Waals surface area contributed by atoms with Gasteiger partial charge in [0.15, 0.2) is 5.69 Å². The third-order valence-electron chi connectivity index (χ3n) is 2.87. The highest BCUT2D eigenvalue weighted by atomic mass is 16.6. The highest BCUT2D eigenvalue weighted by molar-refractivity contribution is 5.78. The van der Waals surface area contributed by atoms with Crippen LogP contribution in [0.25, 0.3) is 11.3 Å². The number of hydrogen-bond donors (Lipinski definition) is 1. The van der Waals surface area contributed by atoms with Gasteiger partial charge in [-0.3, -0.25) is 10.1 Å². The zero-order valence-corrected chi connectivity index (χ0v) is 11.8. The quantitative estimate of drug-likeness (QED) is 0.665. The van der Waals surface area contributed by atoms with E-state index in [1.165, 1.54) is 20.5 Å². The molecule has 0 unspecified atom stereocenters. The van der Waals surface area contributed by atoms with Crippen molar-refractivity contribution in [2.45, 2.75) is 0 Å². The Morgan fingerprint density at radius 3 is 2.24 bits per heavy atom. The zero-order valence-electron chi connectivity index (χ0n) is 11.8. The fourth-order valence-corrected chi connectivity index (χ4v) is 1.89. The standard InChI is InChI=1S/C13H14N4O4/c1-14-13-12(17(18)19)11(15-7-16-13)8-4-9(20-2)6-10(5-8)21-3/h4-7H,1-3H3,(H,14,15,16). The van der Waals surface area contributed by atoms with Gasteiger partial charge < -0.3 is 14.8 Å². The Bertz CT molecular complexity index is 653. The molecule has 1 heterocycles. The fourth-order valence-electron chi connectivity index (χ4n) is 1.89. The molecule has 0 aliphatic rings. The van der Waals surface area contributed by atoms with Gasteiger partial charge in [-0.1, -0.05) is 0 Å². The van der Waals surface area contributed by atoms with Crippen LogP contribution in [0.3, 0.4) is 0 Å². The van der Waals surface area contributed by atoms with Gasteiger partial charge in [-0.05, 0) is 12.1 Å². The molecule has 0 radical (unpaired) electrons. The first kappa shape index (κ1) is 14.5. The average Bonchev–Trinajstić information content (AvgIpc) is 2.53. The summed E-state index contributed by atoms with van der Waals surface area (Å²) in [6.07, 6.45) is 1.26. The van der Waals surface area contributed by atoms with Crippen molar-refractivity contribution >= 4 is 11.5 Å². The van der Waals surface area contributed by atoms with Gasteiger partial charge in [0.25, 0.3) is 0 Å². The minimum atomic E-state index is -0.521. The third-order valence-corrected chi connectivity index (χ3v) is 2.87. The van der Waals surface area contributed by atoms with Crippen molar-refractivity contribution in [2.75, 3.05) is 26.6 Å². The molecule has 0 atom stereocenters. The van der Waals surface area contributed by atoms with E-state index in [2.05, 4.69) is 15.3 Å². The molecule has 8 nitrogen and oxygen atoms in total. The minimum Gasteiger partial charge on any atom is -0.497 e. The summed E-state index contributed by atoms with van der Waals surface area (Å²) in [7, 11) is 4.57. The van der Waals surface area contributed by atoms with Gasteiger partial charge in [0.2, 0.25) is 5.82 Å². The number of aromatic nitrogens is 2. The van der Waals surface area contributed by atoms with Gasteiger partial charge in [0.1, 0.15) is 17.8 Å². The van der Waals surface area contributed by atoms with Crippen LogP contribution in [0, 0.1) is 10.1 Å². The largest absolute Gasteiger partial charge is 0.497 e. The van der Waals surface area contributed by atoms with Gasteiger partial charge in [-0.15, -0.1) is 0 Å². The number of rotatable bonds is 5. The summed E-state index contributed by atoms with van der Waals surface area (Å²) in [5, 5.41) is 14.0. The van der Waals surface area contributed by atoms with E-state index in [1.807, 2.05) is 0 Å². The first-order valence-corrected chi connectivity index (χ1v) is 6.01. The summed E-state index contributed by atoms with van der Waals surface area (Å²) in [6.45, 7) is 0. The Morgan fingerprint density at radius 2 is 1.76 bits per heavy atom. The zero-order chi connectivity index (χ0) is 15.4. The van der Waals surface area contributed by atoms with Crippen molar-refractivity contribution in [1.82, 2.24) is 9.97 Å². The van der Waals surface area contributed by atoms with E-state index < -0.39 is 4.92 Å². The molecule has 1 aromatic heterocycles. The molecule has 0 aliphatic carbocycles. The molecule has 8 heteroatoms. The van der Waals surface area contributed by atoms with Crippen molar-refractivity contribution in [3.05, 3.63) is 34.6 Å². The van der Waals surface area contributed by atoms with Crippen molar-refractivity contribution in [3.63, 3.8) is 0 Å². The SMILES string of the molecule is CNc1ncnc(-c2cc(OC)cc(OC)c2)c1[N+](=O)[O-]. The first-order chi connectivity index (χ1) is 10.1. The highest BCUT2D eigenvalue weighted by Crippen LogP contribution is 2.36. The van der Waals surface area contributed by atoms with Gasteiger partial charge in [-0.25, -0.2) is 9.97 Å². The molecule has 0 aliphatic heterocycles. The molecule has 21 heavy (non-hydrogen) atoms. The molecular weight excluding hydrogens is 276 g/mol. The number of nitro groups is 1. The predicted octanol–water partition coefficient (Wildman–Crippen LogP) is 2.11. The molecule has 1 aromatic carbocycles. The van der Waals surface area contributed by atoms with Crippen molar-refractivity contribution in [3.8, 4) is 22.8 Å². The molecule has 2 rings (SSSR count). The molecule has 0 spiro atoms. The Balaban J connectivity index is 2.69. The highest BCUT2D eigenvalue weighted by Gasteiger charge is 2.24. The van der Waals surface area contributed by atoms with E-state index >= 15 is 0 Å². The monoisotopic (exact) mass is 290 g/mol. The summed E-state index contributed by atoms with van der Waals surface area (Å²) in [4.78, 5) is 18.7. The summed E-state index contributed by atoms with van der Waals surface area (Å²) in [5.74, 6) is 1.18. The van der Waals surface area contributed by atoms with Crippen LogP contribution in [0.1, 0.15) is 0 Å². The van der Waals surface area contributed by atoms with E-state index in [0.29, 0.717) is 17.1 Å².